The Morgan fingerprint density at radius 3 is 2.66 bits per heavy atom. The number of imidazole rings is 1. The Hall–Kier alpha value is -4.65. The number of ether oxygens (including phenoxy) is 1. The predicted octanol–water partition coefficient (Wildman–Crippen LogP) is 4.50. The second-order valence-electron chi connectivity index (χ2n) is 11.5. The number of carbonyl (C=O) groups excluding carboxylic acids is 2. The van der Waals surface area contributed by atoms with Gasteiger partial charge in [0.05, 0.1) is 42.0 Å². The molecule has 1 saturated heterocycles. The molecule has 4 atom stereocenters. The van der Waals surface area contributed by atoms with Crippen LogP contribution in [-0.2, 0) is 16.1 Å². The van der Waals surface area contributed by atoms with Crippen LogP contribution in [0.2, 0.25) is 0 Å². The summed E-state index contributed by atoms with van der Waals surface area (Å²) < 4.78 is 36.9. The summed E-state index contributed by atoms with van der Waals surface area (Å²) in [6, 6.07) is 7.18. The number of alkyl carbamates (subject to hydrolysis) is 1. The Morgan fingerprint density at radius 1 is 1.16 bits per heavy atom. The standard InChI is InChI=1S/C31H34F2N8O3/c1-17-10-19(13-24(34)29(17)38-31(43)44-2)21-7-8-35-15-26(21)37-30-36-14-20-5-6-25(39-41(20)30)28-22(32)11-18(12-23(28)33)16-40-9-3-4-27(40)42/h5-8,11-12,14-15,17,19,24,29H,3-4,9-10,13,16,34H2,1-2H3,(H,36,37)(H,38,43)/t17-,19+,24+,29-/m0/s1. The van der Waals surface area contributed by atoms with E-state index < -0.39 is 17.7 Å². The van der Waals surface area contributed by atoms with Crippen molar-refractivity contribution in [1.82, 2.24) is 29.8 Å². The molecule has 4 aromatic rings. The van der Waals surface area contributed by atoms with Gasteiger partial charge in [0.15, 0.2) is 0 Å². The van der Waals surface area contributed by atoms with Crippen molar-refractivity contribution in [2.24, 2.45) is 11.7 Å². The molecule has 0 bridgehead atoms. The van der Waals surface area contributed by atoms with E-state index in [4.69, 9.17) is 10.5 Å². The summed E-state index contributed by atoms with van der Waals surface area (Å²) in [7, 11) is 1.33. The summed E-state index contributed by atoms with van der Waals surface area (Å²) in [4.78, 5) is 34.2. The highest BCUT2D eigenvalue weighted by Crippen LogP contribution is 2.39. The van der Waals surface area contributed by atoms with Gasteiger partial charge in [0.25, 0.3) is 0 Å². The number of fused-ring (bicyclic) bond motifs is 1. The quantitative estimate of drug-likeness (QED) is 0.280. The molecular formula is C31H34F2N8O3. The summed E-state index contributed by atoms with van der Waals surface area (Å²) in [6.45, 7) is 2.79. The van der Waals surface area contributed by atoms with Crippen LogP contribution in [0.25, 0.3) is 16.8 Å². The first-order valence-electron chi connectivity index (χ1n) is 14.6. The summed E-state index contributed by atoms with van der Waals surface area (Å²) >= 11 is 0. The Balaban J connectivity index is 1.25. The Kier molecular flexibility index (Phi) is 8.13. The maximum atomic E-state index is 15.3. The molecule has 2 fully saturated rings. The molecule has 2 aliphatic rings. The van der Waals surface area contributed by atoms with Gasteiger partial charge < -0.3 is 26.0 Å². The first-order chi connectivity index (χ1) is 21.2. The zero-order valence-corrected chi connectivity index (χ0v) is 24.5. The van der Waals surface area contributed by atoms with Crippen LogP contribution in [-0.4, -0.2) is 62.2 Å². The van der Waals surface area contributed by atoms with Gasteiger partial charge in [-0.1, -0.05) is 6.92 Å². The fourth-order valence-corrected chi connectivity index (χ4v) is 6.43. The largest absolute Gasteiger partial charge is 0.453 e. The minimum Gasteiger partial charge on any atom is -0.453 e. The maximum absolute atomic E-state index is 15.3. The van der Waals surface area contributed by atoms with Crippen LogP contribution in [0.15, 0.2) is 48.9 Å². The lowest BCUT2D eigenvalue weighted by Crippen LogP contribution is -2.54. The highest BCUT2D eigenvalue weighted by Gasteiger charge is 2.36. The van der Waals surface area contributed by atoms with Gasteiger partial charge in [0, 0.05) is 37.8 Å². The van der Waals surface area contributed by atoms with Gasteiger partial charge in [-0.25, -0.2) is 18.6 Å². The number of carbonyl (C=O) groups is 2. The van der Waals surface area contributed by atoms with Crippen molar-refractivity contribution in [3.63, 3.8) is 0 Å². The van der Waals surface area contributed by atoms with Crippen molar-refractivity contribution in [3.8, 4) is 11.3 Å². The molecule has 0 spiro atoms. The number of anilines is 2. The minimum atomic E-state index is -0.759. The van der Waals surface area contributed by atoms with Gasteiger partial charge >= 0.3 is 6.09 Å². The van der Waals surface area contributed by atoms with Gasteiger partial charge in [-0.05, 0) is 72.6 Å². The highest BCUT2D eigenvalue weighted by atomic mass is 19.1. The van der Waals surface area contributed by atoms with Gasteiger partial charge in [0.2, 0.25) is 11.9 Å². The van der Waals surface area contributed by atoms with Crippen molar-refractivity contribution in [2.75, 3.05) is 19.0 Å². The van der Waals surface area contributed by atoms with E-state index in [0.717, 1.165) is 18.4 Å². The van der Waals surface area contributed by atoms with Crippen molar-refractivity contribution < 1.29 is 23.1 Å². The normalized spacial score (nSPS) is 21.9. The Labute approximate surface area is 252 Å². The van der Waals surface area contributed by atoms with E-state index in [2.05, 4.69) is 25.7 Å². The number of hydrogen-bond donors (Lipinski definition) is 3. The average Bonchev–Trinajstić information content (AvgIpc) is 3.59. The van der Waals surface area contributed by atoms with Crippen molar-refractivity contribution >= 4 is 29.2 Å². The summed E-state index contributed by atoms with van der Waals surface area (Å²) in [6.07, 6.45) is 7.11. The van der Waals surface area contributed by atoms with E-state index in [1.54, 1.807) is 35.6 Å². The van der Waals surface area contributed by atoms with Crippen LogP contribution in [0.5, 0.6) is 0 Å². The van der Waals surface area contributed by atoms with Crippen LogP contribution in [0.1, 0.15) is 49.7 Å². The van der Waals surface area contributed by atoms with E-state index in [1.165, 1.54) is 23.8 Å². The number of likely N-dealkylation sites (tertiary alicyclic amines) is 1. The van der Waals surface area contributed by atoms with Crippen molar-refractivity contribution in [3.05, 3.63) is 71.7 Å². The Morgan fingerprint density at radius 2 is 1.95 bits per heavy atom. The highest BCUT2D eigenvalue weighted by molar-refractivity contribution is 5.78. The molecule has 11 nitrogen and oxygen atoms in total. The van der Waals surface area contributed by atoms with E-state index in [1.807, 2.05) is 13.0 Å². The molecule has 2 amide bonds. The molecule has 1 saturated carbocycles. The third-order valence-electron chi connectivity index (χ3n) is 8.59. The molecule has 1 aromatic carbocycles. The Bertz CT molecular complexity index is 1680. The second kappa shape index (κ2) is 12.2. The average molecular weight is 605 g/mol. The zero-order valence-electron chi connectivity index (χ0n) is 24.5. The molecule has 4 heterocycles. The molecule has 0 unspecified atom stereocenters. The number of halogens is 2. The molecule has 230 valence electrons. The third-order valence-corrected chi connectivity index (χ3v) is 8.59. The molecular weight excluding hydrogens is 570 g/mol. The van der Waals surface area contributed by atoms with E-state index >= 15 is 8.78 Å². The van der Waals surface area contributed by atoms with Crippen LogP contribution in [0, 0.1) is 17.6 Å². The smallest absolute Gasteiger partial charge is 0.407 e. The number of hydrogen-bond acceptors (Lipinski definition) is 8. The van der Waals surface area contributed by atoms with E-state index in [-0.39, 0.29) is 47.6 Å². The van der Waals surface area contributed by atoms with Gasteiger partial charge in [0.1, 0.15) is 11.6 Å². The molecule has 3 aromatic heterocycles. The lowest BCUT2D eigenvalue weighted by molar-refractivity contribution is -0.128. The zero-order chi connectivity index (χ0) is 31.0. The molecule has 1 aliphatic heterocycles. The van der Waals surface area contributed by atoms with Gasteiger partial charge in [-0.15, -0.1) is 0 Å². The van der Waals surface area contributed by atoms with Crippen molar-refractivity contribution in [2.45, 2.75) is 57.2 Å². The van der Waals surface area contributed by atoms with Crippen LogP contribution in [0.3, 0.4) is 0 Å². The van der Waals surface area contributed by atoms with Gasteiger partial charge in [-0.3, -0.25) is 9.78 Å². The SMILES string of the molecule is COC(=O)N[C@@H]1[C@H](N)C[C@H](c2ccncc2Nc2ncc3ccc(-c4c(F)cc(CN5CCCC5=O)cc4F)nn23)C[C@@H]1C. The fourth-order valence-electron chi connectivity index (χ4n) is 6.43. The molecule has 4 N–H and O–H groups in total. The number of amides is 2. The number of nitrogens with two attached hydrogens (primary N) is 1. The number of rotatable bonds is 7. The maximum Gasteiger partial charge on any atom is 0.407 e. The third kappa shape index (κ3) is 5.79. The van der Waals surface area contributed by atoms with Crippen LogP contribution < -0.4 is 16.4 Å². The number of methoxy groups -OCH3 is 1. The van der Waals surface area contributed by atoms with E-state index in [0.29, 0.717) is 42.1 Å². The molecule has 1 aliphatic carbocycles. The summed E-state index contributed by atoms with van der Waals surface area (Å²) in [5, 5.41) is 10.7. The lowest BCUT2D eigenvalue weighted by atomic mass is 9.73. The fraction of sp³-hybridized carbons (Fsp3) is 0.387. The topological polar surface area (TPSA) is 140 Å². The number of pyridine rings is 1. The monoisotopic (exact) mass is 604 g/mol. The number of aromatic nitrogens is 4. The van der Waals surface area contributed by atoms with E-state index in [9.17, 15) is 9.59 Å². The summed E-state index contributed by atoms with van der Waals surface area (Å²) in [5.74, 6) is -1.02. The molecule has 13 heteroatoms. The molecule has 6 rings (SSSR count). The summed E-state index contributed by atoms with van der Waals surface area (Å²) in [5.41, 5.74) is 9.03. The minimum absolute atomic E-state index is 0.0143. The number of benzene rings is 1. The van der Waals surface area contributed by atoms with Gasteiger partial charge in [-0.2, -0.15) is 9.61 Å². The second-order valence-corrected chi connectivity index (χ2v) is 11.5. The predicted molar refractivity (Wildman–Crippen MR) is 159 cm³/mol. The van der Waals surface area contributed by atoms with Crippen molar-refractivity contribution in [1.29, 1.82) is 0 Å². The first kappa shape index (κ1) is 29.4. The number of nitrogens with one attached hydrogen (secondary N) is 2. The molecule has 44 heavy (non-hydrogen) atoms. The van der Waals surface area contributed by atoms with Crippen LogP contribution >= 0.6 is 0 Å². The molecule has 0 radical (unpaired) electrons. The first-order valence-corrected chi connectivity index (χ1v) is 14.6. The number of nitrogens with zero attached hydrogens (tertiary/aromatic N) is 5. The van der Waals surface area contributed by atoms with Crippen LogP contribution in [0.4, 0.5) is 25.2 Å². The lowest BCUT2D eigenvalue weighted by Gasteiger charge is -2.39.